The molecule has 17 heavy (non-hydrogen) atoms. The first kappa shape index (κ1) is 13.4. The fourth-order valence-electron chi connectivity index (χ4n) is 1.18. The van der Waals surface area contributed by atoms with Crippen molar-refractivity contribution in [3.05, 3.63) is 22.4 Å². The number of hydrogen-bond donors (Lipinski definition) is 4. The van der Waals surface area contributed by atoms with Gasteiger partial charge in [-0.05, 0) is 18.4 Å². The van der Waals surface area contributed by atoms with Gasteiger partial charge in [0.1, 0.15) is 11.7 Å². The van der Waals surface area contributed by atoms with Crippen molar-refractivity contribution < 1.29 is 14.7 Å². The maximum atomic E-state index is 11.6. The first-order valence-electron chi connectivity index (χ1n) is 4.85. The molecule has 0 aliphatic rings. The first-order valence-corrected chi connectivity index (χ1v) is 6.24. The molecule has 0 aliphatic carbocycles. The second-order valence-electron chi connectivity index (χ2n) is 3.30. The summed E-state index contributed by atoms with van der Waals surface area (Å²) >= 11 is 1.50. The van der Waals surface area contributed by atoms with Crippen LogP contribution < -0.4 is 11.0 Å². The molecule has 1 aromatic rings. The average molecular weight is 259 g/mol. The quantitative estimate of drug-likeness (QED) is 0.557. The van der Waals surface area contributed by atoms with Gasteiger partial charge in [0.15, 0.2) is 0 Å². The van der Waals surface area contributed by atoms with Crippen LogP contribution in [0.4, 0.5) is 0 Å². The molecule has 0 bridgehead atoms. The van der Waals surface area contributed by atoms with Gasteiger partial charge in [0.2, 0.25) is 0 Å². The van der Waals surface area contributed by atoms with Gasteiger partial charge in [-0.3, -0.25) is 4.79 Å². The summed E-state index contributed by atoms with van der Waals surface area (Å²) < 4.78 is 0. The predicted molar refractivity (Wildman–Crippen MR) is 63.3 cm³/mol. The molecular formula is C9H13N3O4S. The van der Waals surface area contributed by atoms with Crippen molar-refractivity contribution in [2.45, 2.75) is 12.5 Å². The summed E-state index contributed by atoms with van der Waals surface area (Å²) in [6, 6.07) is -0.951. The number of carbonyl (C=O) groups is 2. The van der Waals surface area contributed by atoms with Gasteiger partial charge >= 0.3 is 11.7 Å². The molecule has 0 saturated carbocycles. The van der Waals surface area contributed by atoms with Crippen LogP contribution in [0.25, 0.3) is 0 Å². The van der Waals surface area contributed by atoms with E-state index in [1.807, 2.05) is 6.26 Å². The van der Waals surface area contributed by atoms with Crippen LogP contribution in [0.15, 0.2) is 11.0 Å². The van der Waals surface area contributed by atoms with Crippen molar-refractivity contribution in [1.82, 2.24) is 15.3 Å². The van der Waals surface area contributed by atoms with E-state index in [0.29, 0.717) is 12.2 Å². The molecule has 0 saturated heterocycles. The molecule has 4 N–H and O–H groups in total. The summed E-state index contributed by atoms with van der Waals surface area (Å²) in [5.41, 5.74) is -0.489. The molecule has 0 radical (unpaired) electrons. The Morgan fingerprint density at radius 3 is 2.76 bits per heavy atom. The number of H-pyrrole nitrogens is 2. The van der Waals surface area contributed by atoms with E-state index in [9.17, 15) is 14.4 Å². The van der Waals surface area contributed by atoms with Crippen molar-refractivity contribution in [3.63, 3.8) is 0 Å². The van der Waals surface area contributed by atoms with E-state index >= 15 is 0 Å². The molecular weight excluding hydrogens is 246 g/mol. The summed E-state index contributed by atoms with van der Waals surface area (Å²) in [6.07, 6.45) is 3.38. The summed E-state index contributed by atoms with van der Waals surface area (Å²) in [5.74, 6) is -1.08. The second-order valence-corrected chi connectivity index (χ2v) is 4.29. The predicted octanol–water partition coefficient (Wildman–Crippen LogP) is -0.361. The van der Waals surface area contributed by atoms with Crippen molar-refractivity contribution >= 4 is 23.6 Å². The van der Waals surface area contributed by atoms with E-state index in [4.69, 9.17) is 5.11 Å². The zero-order valence-corrected chi connectivity index (χ0v) is 9.97. The van der Waals surface area contributed by atoms with Gasteiger partial charge < -0.3 is 20.4 Å². The van der Waals surface area contributed by atoms with Gasteiger partial charge in [0, 0.05) is 6.20 Å². The molecule has 0 aliphatic heterocycles. The van der Waals surface area contributed by atoms with Crippen molar-refractivity contribution in [2.24, 2.45) is 0 Å². The standard InChI is InChI=1S/C9H13N3O4S/c1-17-3-2-5(8(14)15)11-7(13)6-4-10-9(16)12-6/h4-5H,2-3H2,1H3,(H,11,13)(H,14,15)(H2,10,12,16)/t5-/m1/s1. The molecule has 0 spiro atoms. The van der Waals surface area contributed by atoms with E-state index in [1.54, 1.807) is 0 Å². The number of rotatable bonds is 6. The fourth-order valence-corrected chi connectivity index (χ4v) is 1.65. The van der Waals surface area contributed by atoms with Crippen molar-refractivity contribution in [3.8, 4) is 0 Å². The molecule has 1 rings (SSSR count). The van der Waals surface area contributed by atoms with Crippen LogP contribution in [0.3, 0.4) is 0 Å². The molecule has 1 heterocycles. The number of imidazole rings is 1. The zero-order valence-electron chi connectivity index (χ0n) is 9.15. The molecule has 0 fully saturated rings. The van der Waals surface area contributed by atoms with E-state index < -0.39 is 23.6 Å². The number of carboxylic acid groups (broad SMARTS) is 1. The van der Waals surface area contributed by atoms with Crippen LogP contribution in [0, 0.1) is 0 Å². The van der Waals surface area contributed by atoms with Gasteiger partial charge in [-0.2, -0.15) is 11.8 Å². The third-order valence-electron chi connectivity index (χ3n) is 2.05. The van der Waals surface area contributed by atoms with Crippen LogP contribution >= 0.6 is 11.8 Å². The van der Waals surface area contributed by atoms with Crippen molar-refractivity contribution in [1.29, 1.82) is 0 Å². The molecule has 94 valence electrons. The maximum Gasteiger partial charge on any atom is 0.326 e. The van der Waals surface area contributed by atoms with Gasteiger partial charge in [0.25, 0.3) is 5.91 Å². The van der Waals surface area contributed by atoms with Crippen LogP contribution in [0.1, 0.15) is 16.9 Å². The Balaban J connectivity index is 2.64. The second kappa shape index (κ2) is 6.14. The van der Waals surface area contributed by atoms with E-state index in [0.717, 1.165) is 0 Å². The Morgan fingerprint density at radius 1 is 1.59 bits per heavy atom. The molecule has 0 unspecified atom stereocenters. The molecule has 1 aromatic heterocycles. The van der Waals surface area contributed by atoms with E-state index in [-0.39, 0.29) is 5.69 Å². The Labute approximate surface area is 101 Å². The first-order chi connectivity index (χ1) is 8.04. The topological polar surface area (TPSA) is 115 Å². The number of thioether (sulfide) groups is 1. The Hall–Kier alpha value is -1.70. The number of amides is 1. The fraction of sp³-hybridized carbons (Fsp3) is 0.444. The Bertz CT molecular complexity index is 453. The minimum absolute atomic E-state index is 0.0189. The summed E-state index contributed by atoms with van der Waals surface area (Å²) in [5, 5.41) is 11.2. The molecule has 1 amide bonds. The van der Waals surface area contributed by atoms with E-state index in [2.05, 4.69) is 15.3 Å². The molecule has 8 heteroatoms. The number of nitrogens with one attached hydrogen (secondary N) is 3. The number of aromatic amines is 2. The minimum atomic E-state index is -1.09. The van der Waals surface area contributed by atoms with Gasteiger partial charge in [-0.15, -0.1) is 0 Å². The third kappa shape index (κ3) is 3.99. The lowest BCUT2D eigenvalue weighted by atomic mass is 10.2. The number of carboxylic acids is 1. The maximum absolute atomic E-state index is 11.6. The van der Waals surface area contributed by atoms with Gasteiger partial charge in [-0.25, -0.2) is 9.59 Å². The summed E-state index contributed by atoms with van der Waals surface area (Å²) in [6.45, 7) is 0. The van der Waals surface area contributed by atoms with Crippen LogP contribution in [-0.2, 0) is 4.79 Å². The third-order valence-corrected chi connectivity index (χ3v) is 2.70. The lowest BCUT2D eigenvalue weighted by Crippen LogP contribution is -2.41. The average Bonchev–Trinajstić information content (AvgIpc) is 2.70. The van der Waals surface area contributed by atoms with Crippen molar-refractivity contribution in [2.75, 3.05) is 12.0 Å². The number of aromatic nitrogens is 2. The van der Waals surface area contributed by atoms with Crippen LogP contribution in [0.5, 0.6) is 0 Å². The Kier molecular flexibility index (Phi) is 4.83. The van der Waals surface area contributed by atoms with Gasteiger partial charge in [0.05, 0.1) is 0 Å². The SMILES string of the molecule is CSCC[C@@H](NC(=O)c1c[nH]c(=O)[nH]1)C(=O)O. The largest absolute Gasteiger partial charge is 0.480 e. The monoisotopic (exact) mass is 259 g/mol. The highest BCUT2D eigenvalue weighted by molar-refractivity contribution is 7.98. The number of aliphatic carboxylic acids is 1. The van der Waals surface area contributed by atoms with Crippen LogP contribution in [-0.4, -0.2) is 45.0 Å². The van der Waals surface area contributed by atoms with E-state index in [1.165, 1.54) is 18.0 Å². The lowest BCUT2D eigenvalue weighted by molar-refractivity contribution is -0.139. The highest BCUT2D eigenvalue weighted by Crippen LogP contribution is 2.02. The lowest BCUT2D eigenvalue weighted by Gasteiger charge is -2.12. The highest BCUT2D eigenvalue weighted by Gasteiger charge is 2.20. The minimum Gasteiger partial charge on any atom is -0.480 e. The molecule has 7 nitrogen and oxygen atoms in total. The zero-order chi connectivity index (χ0) is 12.8. The van der Waals surface area contributed by atoms with Crippen LogP contribution in [0.2, 0.25) is 0 Å². The highest BCUT2D eigenvalue weighted by atomic mass is 32.2. The normalized spacial score (nSPS) is 12.1. The number of carbonyl (C=O) groups excluding carboxylic acids is 1. The summed E-state index contributed by atoms with van der Waals surface area (Å²) in [7, 11) is 0. The van der Waals surface area contributed by atoms with Gasteiger partial charge in [-0.1, -0.05) is 0 Å². The molecule has 1 atom stereocenters. The smallest absolute Gasteiger partial charge is 0.326 e. The number of hydrogen-bond acceptors (Lipinski definition) is 4. The summed E-state index contributed by atoms with van der Waals surface area (Å²) in [4.78, 5) is 37.7. The Morgan fingerprint density at radius 2 is 2.29 bits per heavy atom. The molecule has 0 aromatic carbocycles.